The molecule has 0 saturated carbocycles. The maximum Gasteiger partial charge on any atom is 0.316 e. The van der Waals surface area contributed by atoms with Crippen molar-refractivity contribution in [3.8, 4) is 11.5 Å². The first-order chi connectivity index (χ1) is 14.2. The molecule has 0 aromatic heterocycles. The average molecular weight is 388 g/mol. The van der Waals surface area contributed by atoms with E-state index in [0.717, 1.165) is 11.1 Å². The first kappa shape index (κ1) is 18.6. The van der Waals surface area contributed by atoms with Crippen LogP contribution in [0, 0.1) is 0 Å². The van der Waals surface area contributed by atoms with E-state index in [4.69, 9.17) is 9.47 Å². The number of nitrogens with zero attached hydrogens (tertiary/aromatic N) is 1. The van der Waals surface area contributed by atoms with Crippen LogP contribution >= 0.6 is 0 Å². The molecular formula is C23H20N2O4. The van der Waals surface area contributed by atoms with Crippen LogP contribution in [0.5, 0.6) is 11.5 Å². The molecule has 6 nitrogen and oxygen atoms in total. The Morgan fingerprint density at radius 2 is 1.52 bits per heavy atom. The highest BCUT2D eigenvalue weighted by molar-refractivity contribution is 6.40. The first-order valence-electron chi connectivity index (χ1n) is 9.28. The molecule has 146 valence electrons. The van der Waals surface area contributed by atoms with Crippen LogP contribution in [0.15, 0.2) is 78.9 Å². The third-order valence-corrected chi connectivity index (χ3v) is 4.58. The summed E-state index contributed by atoms with van der Waals surface area (Å²) >= 11 is 0. The molecule has 1 aliphatic heterocycles. The van der Waals surface area contributed by atoms with Gasteiger partial charge in [-0.3, -0.25) is 14.5 Å². The van der Waals surface area contributed by atoms with E-state index in [-0.39, 0.29) is 13.3 Å². The van der Waals surface area contributed by atoms with Crippen LogP contribution < -0.4 is 19.7 Å². The van der Waals surface area contributed by atoms with E-state index in [9.17, 15) is 9.59 Å². The number of carbonyl (C=O) groups excluding carboxylic acids is 2. The second kappa shape index (κ2) is 8.48. The van der Waals surface area contributed by atoms with Gasteiger partial charge in [0.05, 0.1) is 6.54 Å². The van der Waals surface area contributed by atoms with Gasteiger partial charge in [0.1, 0.15) is 0 Å². The van der Waals surface area contributed by atoms with Crippen molar-refractivity contribution < 1.29 is 19.1 Å². The molecular weight excluding hydrogens is 368 g/mol. The lowest BCUT2D eigenvalue weighted by Crippen LogP contribution is -2.42. The Balaban J connectivity index is 1.47. The van der Waals surface area contributed by atoms with E-state index in [2.05, 4.69) is 5.32 Å². The number of hydrogen-bond donors (Lipinski definition) is 1. The quantitative estimate of drug-likeness (QED) is 0.682. The lowest BCUT2D eigenvalue weighted by atomic mass is 10.2. The normalized spacial score (nSPS) is 11.7. The van der Waals surface area contributed by atoms with Crippen molar-refractivity contribution in [1.29, 1.82) is 0 Å². The zero-order valence-corrected chi connectivity index (χ0v) is 15.7. The zero-order chi connectivity index (χ0) is 20.1. The number of anilines is 1. The van der Waals surface area contributed by atoms with Crippen LogP contribution in [0.1, 0.15) is 11.1 Å². The Morgan fingerprint density at radius 1 is 0.828 bits per heavy atom. The molecule has 4 rings (SSSR count). The summed E-state index contributed by atoms with van der Waals surface area (Å²) in [6.07, 6.45) is 0. The van der Waals surface area contributed by atoms with E-state index in [1.165, 1.54) is 4.90 Å². The number of rotatable bonds is 5. The van der Waals surface area contributed by atoms with Gasteiger partial charge in [-0.15, -0.1) is 0 Å². The van der Waals surface area contributed by atoms with Crippen molar-refractivity contribution in [3.05, 3.63) is 90.0 Å². The topological polar surface area (TPSA) is 67.9 Å². The fourth-order valence-electron chi connectivity index (χ4n) is 3.09. The smallest absolute Gasteiger partial charge is 0.316 e. The van der Waals surface area contributed by atoms with Crippen LogP contribution in [-0.2, 0) is 22.7 Å². The van der Waals surface area contributed by atoms with Gasteiger partial charge in [0, 0.05) is 12.2 Å². The van der Waals surface area contributed by atoms with Crippen molar-refractivity contribution in [2.24, 2.45) is 0 Å². The van der Waals surface area contributed by atoms with Gasteiger partial charge < -0.3 is 14.8 Å². The number of benzene rings is 3. The van der Waals surface area contributed by atoms with E-state index < -0.39 is 11.8 Å². The number of carbonyl (C=O) groups is 2. The Morgan fingerprint density at radius 3 is 2.28 bits per heavy atom. The molecule has 6 heteroatoms. The molecule has 3 aromatic carbocycles. The average Bonchev–Trinajstić information content (AvgIpc) is 3.24. The number of ether oxygens (including phenoxy) is 2. The minimum atomic E-state index is -0.664. The van der Waals surface area contributed by atoms with E-state index in [1.54, 1.807) is 12.1 Å². The summed E-state index contributed by atoms with van der Waals surface area (Å²) in [7, 11) is 0. The lowest BCUT2D eigenvalue weighted by Gasteiger charge is -2.22. The highest BCUT2D eigenvalue weighted by atomic mass is 16.7. The van der Waals surface area contributed by atoms with Gasteiger partial charge in [0.25, 0.3) is 0 Å². The third-order valence-electron chi connectivity index (χ3n) is 4.58. The summed E-state index contributed by atoms with van der Waals surface area (Å²) in [4.78, 5) is 27.0. The molecule has 0 bridgehead atoms. The molecule has 0 spiro atoms. The first-order valence-corrected chi connectivity index (χ1v) is 9.28. The van der Waals surface area contributed by atoms with Gasteiger partial charge in [0.15, 0.2) is 11.5 Å². The van der Waals surface area contributed by atoms with Crippen molar-refractivity contribution in [3.63, 3.8) is 0 Å². The molecule has 0 saturated heterocycles. The summed E-state index contributed by atoms with van der Waals surface area (Å²) < 4.78 is 10.6. The highest BCUT2D eigenvalue weighted by Crippen LogP contribution is 2.32. The predicted molar refractivity (Wildman–Crippen MR) is 108 cm³/mol. The molecule has 29 heavy (non-hydrogen) atoms. The molecule has 0 aliphatic carbocycles. The molecule has 1 heterocycles. The predicted octanol–water partition coefficient (Wildman–Crippen LogP) is 3.26. The number of para-hydroxylation sites is 1. The van der Waals surface area contributed by atoms with Gasteiger partial charge in [-0.05, 0) is 35.4 Å². The van der Waals surface area contributed by atoms with Gasteiger partial charge in [-0.1, -0.05) is 54.6 Å². The Hall–Kier alpha value is -3.80. The second-order valence-electron chi connectivity index (χ2n) is 6.58. The molecule has 0 radical (unpaired) electrons. The highest BCUT2D eigenvalue weighted by Gasteiger charge is 2.23. The monoisotopic (exact) mass is 388 g/mol. The van der Waals surface area contributed by atoms with Gasteiger partial charge in [0.2, 0.25) is 6.79 Å². The standard InChI is InChI=1S/C23H20N2O4/c26-22(24-14-18-11-12-20-21(13-18)29-16-28-20)23(27)25(19-9-5-2-6-10-19)15-17-7-3-1-4-8-17/h1-13H,14-16H2,(H,24,26). The molecule has 0 atom stereocenters. The Kier molecular flexibility index (Phi) is 5.42. The maximum atomic E-state index is 12.9. The largest absolute Gasteiger partial charge is 0.454 e. The molecule has 1 N–H and O–H groups in total. The fraction of sp³-hybridized carbons (Fsp3) is 0.130. The Labute approximate surface area is 168 Å². The number of fused-ring (bicyclic) bond motifs is 1. The van der Waals surface area contributed by atoms with Crippen molar-refractivity contribution in [2.45, 2.75) is 13.1 Å². The molecule has 0 fully saturated rings. The molecule has 0 unspecified atom stereocenters. The number of amides is 2. The molecule has 3 aromatic rings. The summed E-state index contributed by atoms with van der Waals surface area (Å²) in [6.45, 7) is 0.714. The van der Waals surface area contributed by atoms with E-state index >= 15 is 0 Å². The Bertz CT molecular complexity index is 1010. The number of nitrogens with one attached hydrogen (secondary N) is 1. The minimum absolute atomic E-state index is 0.190. The second-order valence-corrected chi connectivity index (χ2v) is 6.58. The van der Waals surface area contributed by atoms with E-state index in [0.29, 0.717) is 23.7 Å². The molecule has 2 amide bonds. The summed E-state index contributed by atoms with van der Waals surface area (Å²) in [5, 5.41) is 2.70. The third kappa shape index (κ3) is 4.38. The fourth-order valence-corrected chi connectivity index (χ4v) is 3.09. The summed E-state index contributed by atoms with van der Waals surface area (Å²) in [5.74, 6) is 0.0376. The van der Waals surface area contributed by atoms with Crippen LogP contribution in [0.4, 0.5) is 5.69 Å². The summed E-state index contributed by atoms with van der Waals surface area (Å²) in [6, 6.07) is 24.2. The summed E-state index contributed by atoms with van der Waals surface area (Å²) in [5.41, 5.74) is 2.43. The van der Waals surface area contributed by atoms with Crippen molar-refractivity contribution >= 4 is 17.5 Å². The van der Waals surface area contributed by atoms with Crippen LogP contribution in [0.2, 0.25) is 0 Å². The van der Waals surface area contributed by atoms with Crippen LogP contribution in [0.3, 0.4) is 0 Å². The molecule has 1 aliphatic rings. The maximum absolute atomic E-state index is 12.9. The van der Waals surface area contributed by atoms with Crippen LogP contribution in [0.25, 0.3) is 0 Å². The van der Waals surface area contributed by atoms with Crippen LogP contribution in [-0.4, -0.2) is 18.6 Å². The van der Waals surface area contributed by atoms with E-state index in [1.807, 2.05) is 66.7 Å². The van der Waals surface area contributed by atoms with Gasteiger partial charge >= 0.3 is 11.8 Å². The van der Waals surface area contributed by atoms with Crippen molar-refractivity contribution in [2.75, 3.05) is 11.7 Å². The van der Waals surface area contributed by atoms with Gasteiger partial charge in [-0.25, -0.2) is 0 Å². The lowest BCUT2D eigenvalue weighted by molar-refractivity contribution is -0.137. The minimum Gasteiger partial charge on any atom is -0.454 e. The SMILES string of the molecule is O=C(NCc1ccc2c(c1)OCO2)C(=O)N(Cc1ccccc1)c1ccccc1. The number of hydrogen-bond acceptors (Lipinski definition) is 4. The van der Waals surface area contributed by atoms with Gasteiger partial charge in [-0.2, -0.15) is 0 Å². The zero-order valence-electron chi connectivity index (χ0n) is 15.7. The van der Waals surface area contributed by atoms with Crippen molar-refractivity contribution in [1.82, 2.24) is 5.32 Å².